The highest BCUT2D eigenvalue weighted by molar-refractivity contribution is 5.88. The molecule has 96 valence electrons. The number of carboxylic acid groups (broad SMARTS) is 1. The van der Waals surface area contributed by atoms with Gasteiger partial charge in [0, 0.05) is 0 Å². The fourth-order valence-corrected chi connectivity index (χ4v) is 1.64. The normalized spacial score (nSPS) is 10.6. The van der Waals surface area contributed by atoms with Gasteiger partial charge in [-0.1, -0.05) is 36.4 Å². The summed E-state index contributed by atoms with van der Waals surface area (Å²) < 4.78 is 5.09. The van der Waals surface area contributed by atoms with Gasteiger partial charge in [0.25, 0.3) is 0 Å². The fourth-order valence-electron chi connectivity index (χ4n) is 1.64. The maximum Gasteiger partial charge on any atom is 0.335 e. The molecule has 0 heterocycles. The highest BCUT2D eigenvalue weighted by Crippen LogP contribution is 2.14. The smallest absolute Gasteiger partial charge is 0.335 e. The molecule has 0 radical (unpaired) electrons. The van der Waals surface area contributed by atoms with Gasteiger partial charge in [0.2, 0.25) is 0 Å². The first-order chi connectivity index (χ1) is 9.19. The summed E-state index contributed by atoms with van der Waals surface area (Å²) in [6.45, 7) is 0. The van der Waals surface area contributed by atoms with Crippen LogP contribution in [0.1, 0.15) is 21.5 Å². The van der Waals surface area contributed by atoms with Gasteiger partial charge in [-0.2, -0.15) is 0 Å². The van der Waals surface area contributed by atoms with Crippen molar-refractivity contribution < 1.29 is 14.6 Å². The minimum atomic E-state index is -0.911. The molecule has 0 aliphatic heterocycles. The number of hydrogen-bond acceptors (Lipinski definition) is 2. The Morgan fingerprint density at radius 3 is 1.84 bits per heavy atom. The minimum Gasteiger partial charge on any atom is -0.497 e. The van der Waals surface area contributed by atoms with Gasteiger partial charge >= 0.3 is 5.97 Å². The van der Waals surface area contributed by atoms with Crippen molar-refractivity contribution >= 4 is 18.1 Å². The lowest BCUT2D eigenvalue weighted by atomic mass is 10.1. The molecule has 2 rings (SSSR count). The SMILES string of the molecule is COc1ccc(/C=C/c2ccc(C(=O)O)cc2)cc1. The molecule has 0 atom stereocenters. The summed E-state index contributed by atoms with van der Waals surface area (Å²) in [7, 11) is 1.63. The first-order valence-corrected chi connectivity index (χ1v) is 5.84. The molecule has 3 nitrogen and oxygen atoms in total. The zero-order valence-corrected chi connectivity index (χ0v) is 10.5. The Morgan fingerprint density at radius 2 is 1.42 bits per heavy atom. The third-order valence-electron chi connectivity index (χ3n) is 2.74. The van der Waals surface area contributed by atoms with E-state index in [-0.39, 0.29) is 0 Å². The predicted octanol–water partition coefficient (Wildman–Crippen LogP) is 3.56. The summed E-state index contributed by atoms with van der Waals surface area (Å²) in [5.41, 5.74) is 2.31. The second kappa shape index (κ2) is 5.87. The van der Waals surface area contributed by atoms with Crippen LogP contribution in [0.2, 0.25) is 0 Å². The molecule has 0 aliphatic carbocycles. The summed E-state index contributed by atoms with van der Waals surface area (Å²) in [6.07, 6.45) is 3.91. The summed E-state index contributed by atoms with van der Waals surface area (Å²) >= 11 is 0. The van der Waals surface area contributed by atoms with E-state index in [1.54, 1.807) is 31.4 Å². The molecule has 19 heavy (non-hydrogen) atoms. The Kier molecular flexibility index (Phi) is 3.98. The van der Waals surface area contributed by atoms with Crippen molar-refractivity contribution in [3.05, 3.63) is 65.2 Å². The molecular formula is C16H14O3. The van der Waals surface area contributed by atoms with Crippen LogP contribution in [0.15, 0.2) is 48.5 Å². The number of ether oxygens (including phenoxy) is 1. The number of carboxylic acids is 1. The van der Waals surface area contributed by atoms with E-state index in [0.29, 0.717) is 5.56 Å². The Balaban J connectivity index is 2.10. The molecule has 1 N–H and O–H groups in total. The standard InChI is InChI=1S/C16H14O3/c1-19-15-10-6-13(7-11-15)3-2-12-4-8-14(9-5-12)16(17)18/h2-11H,1H3,(H,17,18)/b3-2+. The van der Waals surface area contributed by atoms with E-state index in [2.05, 4.69) is 0 Å². The van der Waals surface area contributed by atoms with Crippen LogP contribution in [0, 0.1) is 0 Å². The summed E-state index contributed by atoms with van der Waals surface area (Å²) in [4.78, 5) is 10.7. The van der Waals surface area contributed by atoms with Gasteiger partial charge < -0.3 is 9.84 Å². The maximum atomic E-state index is 10.7. The lowest BCUT2D eigenvalue weighted by molar-refractivity contribution is 0.0697. The quantitative estimate of drug-likeness (QED) is 0.848. The van der Waals surface area contributed by atoms with Crippen LogP contribution in [0.25, 0.3) is 12.2 Å². The number of rotatable bonds is 4. The first kappa shape index (κ1) is 12.9. The maximum absolute atomic E-state index is 10.7. The van der Waals surface area contributed by atoms with Crippen LogP contribution in [0.5, 0.6) is 5.75 Å². The molecule has 0 aromatic heterocycles. The van der Waals surface area contributed by atoms with Crippen molar-refractivity contribution in [2.45, 2.75) is 0 Å². The molecule has 0 unspecified atom stereocenters. The fraction of sp³-hybridized carbons (Fsp3) is 0.0625. The van der Waals surface area contributed by atoms with Crippen LogP contribution in [-0.2, 0) is 0 Å². The third kappa shape index (κ3) is 3.45. The van der Waals surface area contributed by atoms with Crippen molar-refractivity contribution in [3.63, 3.8) is 0 Å². The van der Waals surface area contributed by atoms with E-state index in [4.69, 9.17) is 9.84 Å². The van der Waals surface area contributed by atoms with Crippen LogP contribution >= 0.6 is 0 Å². The first-order valence-electron chi connectivity index (χ1n) is 5.84. The molecule has 0 aliphatic rings. The largest absolute Gasteiger partial charge is 0.497 e. The van der Waals surface area contributed by atoms with Gasteiger partial charge in [-0.3, -0.25) is 0 Å². The van der Waals surface area contributed by atoms with Crippen molar-refractivity contribution in [2.24, 2.45) is 0 Å². The summed E-state index contributed by atoms with van der Waals surface area (Å²) in [6, 6.07) is 14.5. The average molecular weight is 254 g/mol. The Morgan fingerprint density at radius 1 is 0.947 bits per heavy atom. The van der Waals surface area contributed by atoms with Crippen molar-refractivity contribution in [1.82, 2.24) is 0 Å². The topological polar surface area (TPSA) is 46.5 Å². The zero-order valence-electron chi connectivity index (χ0n) is 10.5. The highest BCUT2D eigenvalue weighted by atomic mass is 16.5. The van der Waals surface area contributed by atoms with Crippen LogP contribution in [0.4, 0.5) is 0 Å². The molecule has 0 amide bonds. The van der Waals surface area contributed by atoms with Gasteiger partial charge in [-0.15, -0.1) is 0 Å². The van der Waals surface area contributed by atoms with Gasteiger partial charge in [-0.05, 0) is 35.4 Å². The molecule has 0 saturated heterocycles. The van der Waals surface area contributed by atoms with Crippen LogP contribution in [-0.4, -0.2) is 18.2 Å². The van der Waals surface area contributed by atoms with Crippen molar-refractivity contribution in [3.8, 4) is 5.75 Å². The molecule has 0 fully saturated rings. The lowest BCUT2D eigenvalue weighted by Crippen LogP contribution is -1.94. The second-order valence-electron chi connectivity index (χ2n) is 4.03. The Hall–Kier alpha value is -2.55. The van der Waals surface area contributed by atoms with E-state index in [0.717, 1.165) is 16.9 Å². The Labute approximate surface area is 111 Å². The van der Waals surface area contributed by atoms with E-state index >= 15 is 0 Å². The molecule has 3 heteroatoms. The zero-order chi connectivity index (χ0) is 13.7. The number of aromatic carboxylic acids is 1. The van der Waals surface area contributed by atoms with E-state index in [9.17, 15) is 4.79 Å². The number of hydrogen-bond donors (Lipinski definition) is 1. The molecule has 2 aromatic rings. The molecular weight excluding hydrogens is 240 g/mol. The van der Waals surface area contributed by atoms with Crippen molar-refractivity contribution in [1.29, 1.82) is 0 Å². The predicted molar refractivity (Wildman–Crippen MR) is 75.3 cm³/mol. The Bertz CT molecular complexity index is 580. The van der Waals surface area contributed by atoms with E-state index in [1.165, 1.54) is 0 Å². The van der Waals surface area contributed by atoms with Gasteiger partial charge in [0.15, 0.2) is 0 Å². The third-order valence-corrected chi connectivity index (χ3v) is 2.74. The minimum absolute atomic E-state index is 0.293. The van der Waals surface area contributed by atoms with Crippen LogP contribution in [0.3, 0.4) is 0 Å². The molecule has 0 saturated carbocycles. The van der Waals surface area contributed by atoms with Crippen LogP contribution < -0.4 is 4.74 Å². The highest BCUT2D eigenvalue weighted by Gasteiger charge is 1.99. The van der Waals surface area contributed by atoms with Gasteiger partial charge in [0.05, 0.1) is 12.7 Å². The van der Waals surface area contributed by atoms with E-state index < -0.39 is 5.97 Å². The lowest BCUT2D eigenvalue weighted by Gasteiger charge is -1.99. The summed E-state index contributed by atoms with van der Waals surface area (Å²) in [5, 5.41) is 8.80. The molecule has 2 aromatic carbocycles. The number of benzene rings is 2. The number of methoxy groups -OCH3 is 1. The second-order valence-corrected chi connectivity index (χ2v) is 4.03. The van der Waals surface area contributed by atoms with Crippen molar-refractivity contribution in [2.75, 3.05) is 7.11 Å². The van der Waals surface area contributed by atoms with Gasteiger partial charge in [0.1, 0.15) is 5.75 Å². The molecule has 0 spiro atoms. The number of carbonyl (C=O) groups is 1. The summed E-state index contributed by atoms with van der Waals surface area (Å²) in [5.74, 6) is -0.0892. The van der Waals surface area contributed by atoms with Gasteiger partial charge in [-0.25, -0.2) is 4.79 Å². The van der Waals surface area contributed by atoms with E-state index in [1.807, 2.05) is 36.4 Å². The molecule has 0 bridgehead atoms. The average Bonchev–Trinajstić information content (AvgIpc) is 2.46. The monoisotopic (exact) mass is 254 g/mol.